The summed E-state index contributed by atoms with van der Waals surface area (Å²) >= 11 is 0. The van der Waals surface area contributed by atoms with Crippen molar-refractivity contribution in [1.29, 1.82) is 0 Å². The summed E-state index contributed by atoms with van der Waals surface area (Å²) in [6, 6.07) is 6.23. The van der Waals surface area contributed by atoms with Crippen LogP contribution < -0.4 is 0 Å². The van der Waals surface area contributed by atoms with E-state index in [4.69, 9.17) is 0 Å². The van der Waals surface area contributed by atoms with E-state index in [1.54, 1.807) is 6.92 Å². The second-order valence-corrected chi connectivity index (χ2v) is 4.48. The smallest absolute Gasteiger partial charge is 0.139 e. The van der Waals surface area contributed by atoms with E-state index in [1.807, 2.05) is 19.9 Å². The molecule has 0 heterocycles. The zero-order chi connectivity index (χ0) is 12.9. The monoisotopic (exact) mass is 218 g/mol. The van der Waals surface area contributed by atoms with Crippen LogP contribution in [0.15, 0.2) is 31.4 Å². The van der Waals surface area contributed by atoms with Crippen molar-refractivity contribution >= 4 is 5.78 Å². The first kappa shape index (κ1) is 14.6. The lowest BCUT2D eigenvalue weighted by molar-refractivity contribution is -0.121. The fourth-order valence-corrected chi connectivity index (χ4v) is 1.33. The molecular weight excluding hydrogens is 196 g/mol. The van der Waals surface area contributed by atoms with E-state index in [0.29, 0.717) is 0 Å². The van der Waals surface area contributed by atoms with Crippen LogP contribution in [-0.4, -0.2) is 5.78 Å². The molecule has 0 amide bonds. The maximum absolute atomic E-state index is 11.5. The fraction of sp³-hybridized carbons (Fsp3) is 0.400. The van der Waals surface area contributed by atoms with Gasteiger partial charge >= 0.3 is 0 Å². The molecule has 1 nitrogen and oxygen atoms in total. The van der Waals surface area contributed by atoms with Crippen molar-refractivity contribution in [1.82, 2.24) is 0 Å². The van der Waals surface area contributed by atoms with Crippen LogP contribution in [0.1, 0.15) is 37.5 Å². The number of ketones is 1. The highest BCUT2D eigenvalue weighted by Gasteiger charge is 2.25. The predicted octanol–water partition coefficient (Wildman–Crippen LogP) is 3.97. The largest absolute Gasteiger partial charge is 0.299 e. The maximum Gasteiger partial charge on any atom is 0.139 e. The summed E-state index contributed by atoms with van der Waals surface area (Å²) in [5.74, 6) is 0.209. The minimum Gasteiger partial charge on any atom is -0.299 e. The molecule has 0 aromatic heterocycles. The van der Waals surface area contributed by atoms with Gasteiger partial charge in [-0.25, -0.2) is 0 Å². The third-order valence-electron chi connectivity index (χ3n) is 3.11. The third-order valence-corrected chi connectivity index (χ3v) is 3.11. The van der Waals surface area contributed by atoms with Gasteiger partial charge in [-0.15, -0.1) is 13.2 Å². The van der Waals surface area contributed by atoms with E-state index in [-0.39, 0.29) is 11.2 Å². The van der Waals surface area contributed by atoms with E-state index in [1.165, 1.54) is 11.1 Å². The maximum atomic E-state index is 11.5. The van der Waals surface area contributed by atoms with Crippen LogP contribution in [0.3, 0.4) is 0 Å². The number of carbonyl (C=O) groups excluding carboxylic acids is 1. The Morgan fingerprint density at radius 3 is 2.00 bits per heavy atom. The number of carbonyl (C=O) groups is 1. The van der Waals surface area contributed by atoms with Gasteiger partial charge in [-0.1, -0.05) is 18.2 Å². The number of benzene rings is 1. The van der Waals surface area contributed by atoms with E-state index < -0.39 is 0 Å². The van der Waals surface area contributed by atoms with Crippen molar-refractivity contribution in [2.24, 2.45) is 0 Å². The average Bonchev–Trinajstić information content (AvgIpc) is 2.24. The molecule has 0 saturated carbocycles. The van der Waals surface area contributed by atoms with Crippen LogP contribution in [0.25, 0.3) is 0 Å². The number of hydrogen-bond donors (Lipinski definition) is 0. The Bertz CT molecular complexity index is 375. The van der Waals surface area contributed by atoms with Gasteiger partial charge in [0, 0.05) is 5.41 Å². The van der Waals surface area contributed by atoms with Gasteiger partial charge in [0.2, 0.25) is 0 Å². The van der Waals surface area contributed by atoms with Crippen molar-refractivity contribution in [2.75, 3.05) is 0 Å². The molecule has 0 aliphatic heterocycles. The highest BCUT2D eigenvalue weighted by Crippen LogP contribution is 2.25. The summed E-state index contributed by atoms with van der Waals surface area (Å²) in [5, 5.41) is 0. The molecule has 0 radical (unpaired) electrons. The van der Waals surface area contributed by atoms with Gasteiger partial charge in [-0.05, 0) is 51.3 Å². The van der Waals surface area contributed by atoms with E-state index in [2.05, 4.69) is 39.1 Å². The van der Waals surface area contributed by atoms with Crippen molar-refractivity contribution < 1.29 is 4.79 Å². The van der Waals surface area contributed by atoms with Gasteiger partial charge < -0.3 is 0 Å². The fourth-order valence-electron chi connectivity index (χ4n) is 1.33. The van der Waals surface area contributed by atoms with Gasteiger partial charge in [-0.2, -0.15) is 0 Å². The number of aryl methyl sites for hydroxylation is 2. The first-order chi connectivity index (χ1) is 7.35. The Morgan fingerprint density at radius 2 is 1.62 bits per heavy atom. The Hall–Kier alpha value is -1.37. The lowest BCUT2D eigenvalue weighted by Gasteiger charge is -2.22. The number of Topliss-reactive ketones (excluding diaryl/α,β-unsaturated/α-hetero) is 1. The second-order valence-electron chi connectivity index (χ2n) is 4.48. The van der Waals surface area contributed by atoms with Crippen LogP contribution in [0.2, 0.25) is 0 Å². The molecular formula is C15H22O. The van der Waals surface area contributed by atoms with Crippen molar-refractivity contribution in [3.05, 3.63) is 48.0 Å². The molecule has 0 N–H and O–H groups in total. The van der Waals surface area contributed by atoms with Crippen LogP contribution in [0.4, 0.5) is 0 Å². The molecule has 0 spiro atoms. The van der Waals surface area contributed by atoms with E-state index in [0.717, 1.165) is 5.56 Å². The summed E-state index contributed by atoms with van der Waals surface area (Å²) < 4.78 is 0. The molecule has 0 bridgehead atoms. The quantitative estimate of drug-likeness (QED) is 0.686. The molecule has 1 aromatic rings. The van der Waals surface area contributed by atoms with Crippen molar-refractivity contribution in [2.45, 2.75) is 40.0 Å². The van der Waals surface area contributed by atoms with Crippen LogP contribution in [0, 0.1) is 13.8 Å². The minimum absolute atomic E-state index is 0.209. The Balaban J connectivity index is 0.00000106. The van der Waals surface area contributed by atoms with Crippen LogP contribution in [-0.2, 0) is 10.2 Å². The lowest BCUT2D eigenvalue weighted by Crippen LogP contribution is -2.26. The first-order valence-corrected chi connectivity index (χ1v) is 5.44. The van der Waals surface area contributed by atoms with Gasteiger partial charge in [0.15, 0.2) is 0 Å². The van der Waals surface area contributed by atoms with Gasteiger partial charge in [0.05, 0.1) is 0 Å². The summed E-state index contributed by atoms with van der Waals surface area (Å²) in [5.41, 5.74) is 3.26. The van der Waals surface area contributed by atoms with E-state index >= 15 is 0 Å². The summed E-state index contributed by atoms with van der Waals surface area (Å²) in [7, 11) is 0. The Labute approximate surface area is 99.2 Å². The summed E-state index contributed by atoms with van der Waals surface area (Å²) in [6.45, 7) is 15.8. The van der Waals surface area contributed by atoms with E-state index in [9.17, 15) is 4.79 Å². The molecule has 16 heavy (non-hydrogen) atoms. The van der Waals surface area contributed by atoms with Crippen LogP contribution >= 0.6 is 0 Å². The molecule has 1 heteroatoms. The second kappa shape index (κ2) is 5.64. The van der Waals surface area contributed by atoms with Crippen molar-refractivity contribution in [3.63, 3.8) is 0 Å². The average molecular weight is 218 g/mol. The molecule has 88 valence electrons. The Kier molecular flexibility index (Phi) is 5.16. The normalized spacial score (nSPS) is 10.3. The summed E-state index contributed by atoms with van der Waals surface area (Å²) in [4.78, 5) is 11.5. The zero-order valence-electron chi connectivity index (χ0n) is 11.1. The van der Waals surface area contributed by atoms with Crippen LogP contribution in [0.5, 0.6) is 0 Å². The van der Waals surface area contributed by atoms with Gasteiger partial charge in [0.25, 0.3) is 0 Å². The highest BCUT2D eigenvalue weighted by molar-refractivity contribution is 5.87. The Morgan fingerprint density at radius 1 is 1.12 bits per heavy atom. The molecule has 1 rings (SSSR count). The zero-order valence-corrected chi connectivity index (χ0v) is 11.1. The molecule has 0 atom stereocenters. The molecule has 0 saturated heterocycles. The SMILES string of the molecule is C=C.CC(=O)C(C)(C)c1ccc(C)c(C)c1. The summed E-state index contributed by atoms with van der Waals surface area (Å²) in [6.07, 6.45) is 0. The lowest BCUT2D eigenvalue weighted by atomic mass is 9.80. The standard InChI is InChI=1S/C13H18O.C2H4/c1-9-6-7-12(8-10(9)2)13(4,5)11(3)14;1-2/h6-8H,1-5H3;1-2H2. The predicted molar refractivity (Wildman–Crippen MR) is 70.9 cm³/mol. The van der Waals surface area contributed by atoms with Gasteiger partial charge in [-0.3, -0.25) is 4.79 Å². The number of rotatable bonds is 2. The first-order valence-electron chi connectivity index (χ1n) is 5.44. The van der Waals surface area contributed by atoms with Gasteiger partial charge in [0.1, 0.15) is 5.78 Å². The molecule has 0 unspecified atom stereocenters. The van der Waals surface area contributed by atoms with Crippen molar-refractivity contribution in [3.8, 4) is 0 Å². The molecule has 1 aromatic carbocycles. The third kappa shape index (κ3) is 3.06. The molecule has 0 aliphatic rings. The minimum atomic E-state index is -0.363. The molecule has 0 aliphatic carbocycles. The number of hydrogen-bond acceptors (Lipinski definition) is 1. The molecule has 0 fully saturated rings. The highest BCUT2D eigenvalue weighted by atomic mass is 16.1. The topological polar surface area (TPSA) is 17.1 Å².